The van der Waals surface area contributed by atoms with E-state index in [1.807, 2.05) is 24.3 Å². The van der Waals surface area contributed by atoms with Gasteiger partial charge in [-0.2, -0.15) is 13.2 Å². The Kier molecular flexibility index (Phi) is 13.8. The van der Waals surface area contributed by atoms with Crippen LogP contribution in [0, 0.1) is 0 Å². The molecule has 0 aromatic heterocycles. The summed E-state index contributed by atoms with van der Waals surface area (Å²) < 4.78 is 66.1. The minimum atomic E-state index is -4.75. The van der Waals surface area contributed by atoms with Crippen LogP contribution in [0.5, 0.6) is 23.0 Å². The summed E-state index contributed by atoms with van der Waals surface area (Å²) in [5.41, 5.74) is 5.04. The molecule has 0 heterocycles. The highest BCUT2D eigenvalue weighted by Gasteiger charge is 2.48. The van der Waals surface area contributed by atoms with Crippen molar-refractivity contribution in [3.05, 3.63) is 178 Å². The number of esters is 4. The Bertz CT molecular complexity index is 2410. The topological polar surface area (TPSA) is 105 Å². The number of fused-ring (bicyclic) bond motifs is 3. The largest absolute Gasteiger partial charge is 0.427 e. The summed E-state index contributed by atoms with van der Waals surface area (Å²) in [5.74, 6) is -4.34. The van der Waals surface area contributed by atoms with E-state index in [1.54, 1.807) is 0 Å². The van der Waals surface area contributed by atoms with Gasteiger partial charge in [-0.15, -0.1) is 0 Å². The van der Waals surface area contributed by atoms with E-state index < -0.39 is 36.0 Å². The molecule has 6 aromatic carbocycles. The van der Waals surface area contributed by atoms with Crippen molar-refractivity contribution >= 4 is 23.9 Å². The Labute approximate surface area is 363 Å². The van der Waals surface area contributed by atoms with Crippen molar-refractivity contribution in [2.45, 2.75) is 77.3 Å². The van der Waals surface area contributed by atoms with Crippen LogP contribution in [0.2, 0.25) is 0 Å². The number of benzene rings is 6. The van der Waals surface area contributed by atoms with E-state index in [2.05, 4.69) is 38.1 Å². The Hall–Kier alpha value is -7.01. The quantitative estimate of drug-likeness (QED) is 0.0700. The molecule has 8 nitrogen and oxygen atoms in total. The third kappa shape index (κ3) is 11.3. The molecule has 0 unspecified atom stereocenters. The maximum Gasteiger partial charge on any atom is 0.399 e. The molecule has 1 aliphatic carbocycles. The van der Waals surface area contributed by atoms with E-state index in [0.29, 0.717) is 24.0 Å². The van der Waals surface area contributed by atoms with Crippen LogP contribution in [0.15, 0.2) is 133 Å². The summed E-state index contributed by atoms with van der Waals surface area (Å²) >= 11 is 0. The monoisotopic (exact) mass is 854 g/mol. The Morgan fingerprint density at radius 1 is 0.444 bits per heavy atom. The van der Waals surface area contributed by atoms with Gasteiger partial charge in [-0.3, -0.25) is 9.59 Å². The van der Waals surface area contributed by atoms with Crippen molar-refractivity contribution in [2.24, 2.45) is 0 Å². The molecule has 0 bridgehead atoms. The first-order chi connectivity index (χ1) is 30.4. The number of ether oxygens (including phenoxy) is 4. The lowest BCUT2D eigenvalue weighted by atomic mass is 9.96. The summed E-state index contributed by atoms with van der Waals surface area (Å²) in [6.45, 7) is 4.23. The fourth-order valence-corrected chi connectivity index (χ4v) is 7.53. The lowest BCUT2D eigenvalue weighted by molar-refractivity contribution is -0.140. The van der Waals surface area contributed by atoms with Crippen LogP contribution in [-0.2, 0) is 35.3 Å². The normalized spacial score (nSPS) is 12.0. The molecule has 11 heteroatoms. The summed E-state index contributed by atoms with van der Waals surface area (Å²) in [6, 6.07) is 35.7. The van der Waals surface area contributed by atoms with Crippen LogP contribution in [-0.4, -0.2) is 30.1 Å². The minimum Gasteiger partial charge on any atom is -0.427 e. The molecule has 0 saturated carbocycles. The second kappa shape index (κ2) is 19.8. The maximum absolute atomic E-state index is 14.8. The first-order valence-electron chi connectivity index (χ1n) is 20.9. The van der Waals surface area contributed by atoms with Crippen LogP contribution in [0.4, 0.5) is 13.2 Å². The van der Waals surface area contributed by atoms with E-state index in [0.717, 1.165) is 36.8 Å². The molecular formula is C52H45F3O8. The fraction of sp³-hybridized carbons (Fsp3) is 0.231. The van der Waals surface area contributed by atoms with Gasteiger partial charge in [0.25, 0.3) is 0 Å². The number of aryl methyl sites for hydroxylation is 4. The summed E-state index contributed by atoms with van der Waals surface area (Å²) in [5, 5.41) is 0. The molecule has 0 N–H and O–H groups in total. The number of carbonyl (C=O) groups is 4. The molecule has 7 rings (SSSR count). The van der Waals surface area contributed by atoms with Gasteiger partial charge in [0.1, 0.15) is 28.9 Å². The first kappa shape index (κ1) is 44.1. The summed E-state index contributed by atoms with van der Waals surface area (Å²) in [7, 11) is 0. The van der Waals surface area contributed by atoms with Crippen LogP contribution >= 0.6 is 0 Å². The van der Waals surface area contributed by atoms with Crippen molar-refractivity contribution in [2.75, 3.05) is 0 Å². The third-order valence-electron chi connectivity index (χ3n) is 10.7. The number of rotatable bonds is 16. The van der Waals surface area contributed by atoms with Gasteiger partial charge in [-0.1, -0.05) is 87.4 Å². The standard InChI is InChI=1S/C52H45F3O8/c1-3-5-33-7-11-35(12-8-33)15-29-47(56)60-39-21-17-37(18-22-39)50(58)62-41-25-27-43-44-28-26-42(32-46(44)49(45(43)31-41)52(53,54)55)63-51(59)38-19-23-40(24-20-38)61-48(57)30-16-36-13-9-34(6-4-2)10-14-36/h7-14,17-28,31-32,49H,3-6,15-16,29-30H2,1-2H3. The van der Waals surface area contributed by atoms with Gasteiger partial charge in [0, 0.05) is 12.8 Å². The molecule has 0 amide bonds. The van der Waals surface area contributed by atoms with E-state index in [9.17, 15) is 32.3 Å². The second-order valence-electron chi connectivity index (χ2n) is 15.4. The van der Waals surface area contributed by atoms with Gasteiger partial charge in [-0.05, 0) is 143 Å². The molecule has 6 aromatic rings. The van der Waals surface area contributed by atoms with Gasteiger partial charge in [0.15, 0.2) is 0 Å². The lowest BCUT2D eigenvalue weighted by Crippen LogP contribution is -2.20. The third-order valence-corrected chi connectivity index (χ3v) is 10.7. The highest BCUT2D eigenvalue weighted by molar-refractivity contribution is 5.92. The Morgan fingerprint density at radius 3 is 1.11 bits per heavy atom. The van der Waals surface area contributed by atoms with Crippen molar-refractivity contribution in [3.63, 3.8) is 0 Å². The first-order valence-corrected chi connectivity index (χ1v) is 20.9. The summed E-state index contributed by atoms with van der Waals surface area (Å²) in [4.78, 5) is 51.1. The molecule has 322 valence electrons. The molecule has 1 aliphatic rings. The molecule has 0 fully saturated rings. The number of halogens is 3. The molecular weight excluding hydrogens is 810 g/mol. The predicted molar refractivity (Wildman–Crippen MR) is 231 cm³/mol. The predicted octanol–water partition coefficient (Wildman–Crippen LogP) is 11.8. The van der Waals surface area contributed by atoms with Crippen LogP contribution in [0.1, 0.15) is 99.5 Å². The van der Waals surface area contributed by atoms with E-state index in [1.165, 1.54) is 96.1 Å². The van der Waals surface area contributed by atoms with Crippen molar-refractivity contribution in [1.29, 1.82) is 0 Å². The van der Waals surface area contributed by atoms with Crippen molar-refractivity contribution in [1.82, 2.24) is 0 Å². The zero-order chi connectivity index (χ0) is 44.5. The second-order valence-corrected chi connectivity index (χ2v) is 15.4. The van der Waals surface area contributed by atoms with Crippen molar-refractivity contribution < 1.29 is 51.3 Å². The fourth-order valence-electron chi connectivity index (χ4n) is 7.53. The maximum atomic E-state index is 14.8. The SMILES string of the molecule is CCCc1ccc(CCC(=O)Oc2ccc(C(=O)Oc3ccc4c(c3)C(C(F)(F)F)c3cc(OC(=O)c5ccc(OC(=O)CCc6ccc(CCC)cc6)cc5)ccc3-4)cc2)cc1. The van der Waals surface area contributed by atoms with Gasteiger partial charge in [-0.25, -0.2) is 9.59 Å². The lowest BCUT2D eigenvalue weighted by Gasteiger charge is -2.18. The molecule has 0 atom stereocenters. The summed E-state index contributed by atoms with van der Waals surface area (Å²) in [6.07, 6.45) is 0.701. The smallest absolute Gasteiger partial charge is 0.399 e. The zero-order valence-electron chi connectivity index (χ0n) is 34.8. The van der Waals surface area contributed by atoms with Gasteiger partial charge in [0.05, 0.1) is 11.1 Å². The molecule has 0 aliphatic heterocycles. The zero-order valence-corrected chi connectivity index (χ0v) is 34.8. The van der Waals surface area contributed by atoms with E-state index in [4.69, 9.17) is 18.9 Å². The van der Waals surface area contributed by atoms with E-state index in [-0.39, 0.29) is 58.1 Å². The minimum absolute atomic E-state index is 0.0970. The number of hydrogen-bond acceptors (Lipinski definition) is 8. The van der Waals surface area contributed by atoms with E-state index >= 15 is 0 Å². The molecule has 0 radical (unpaired) electrons. The number of alkyl halides is 3. The van der Waals surface area contributed by atoms with Crippen LogP contribution in [0.3, 0.4) is 0 Å². The number of carbonyl (C=O) groups excluding carboxylic acids is 4. The molecule has 63 heavy (non-hydrogen) atoms. The highest BCUT2D eigenvalue weighted by atomic mass is 19.4. The van der Waals surface area contributed by atoms with Gasteiger partial charge >= 0.3 is 30.1 Å². The van der Waals surface area contributed by atoms with Crippen molar-refractivity contribution in [3.8, 4) is 34.1 Å². The average molecular weight is 855 g/mol. The van der Waals surface area contributed by atoms with Gasteiger partial charge in [0.2, 0.25) is 0 Å². The molecule has 0 saturated heterocycles. The highest BCUT2D eigenvalue weighted by Crippen LogP contribution is 2.53. The van der Waals surface area contributed by atoms with Crippen LogP contribution in [0.25, 0.3) is 11.1 Å². The van der Waals surface area contributed by atoms with Gasteiger partial charge < -0.3 is 18.9 Å². The Morgan fingerprint density at radius 2 is 0.778 bits per heavy atom. The number of hydrogen-bond donors (Lipinski definition) is 0. The van der Waals surface area contributed by atoms with Crippen LogP contribution < -0.4 is 18.9 Å². The Balaban J connectivity index is 0.939. The average Bonchev–Trinajstić information content (AvgIpc) is 3.60. The molecule has 0 spiro atoms.